The lowest BCUT2D eigenvalue weighted by Gasteiger charge is -2.36. The molecule has 0 bridgehead atoms. The van der Waals surface area contributed by atoms with Crippen LogP contribution in [0.5, 0.6) is 0 Å². The van der Waals surface area contributed by atoms with E-state index in [1.165, 1.54) is 17.7 Å². The van der Waals surface area contributed by atoms with Gasteiger partial charge in [0.2, 0.25) is 0 Å². The molecule has 3 N–H and O–H groups in total. The fourth-order valence-electron chi connectivity index (χ4n) is 3.91. The number of hydrogen-bond donors (Lipinski definition) is 2. The first kappa shape index (κ1) is 16.2. The molecule has 23 heavy (non-hydrogen) atoms. The van der Waals surface area contributed by atoms with Gasteiger partial charge >= 0.3 is 0 Å². The minimum atomic E-state index is -0.230. The van der Waals surface area contributed by atoms with E-state index in [2.05, 4.69) is 36.8 Å². The van der Waals surface area contributed by atoms with E-state index >= 15 is 0 Å². The predicted octanol–water partition coefficient (Wildman–Crippen LogP) is 4.06. The summed E-state index contributed by atoms with van der Waals surface area (Å²) in [6.45, 7) is 7.48. The number of aromatic nitrogens is 2. The number of rotatable bonds is 4. The average molecular weight is 315 g/mol. The molecule has 1 aliphatic rings. The van der Waals surface area contributed by atoms with Gasteiger partial charge in [-0.05, 0) is 61.8 Å². The van der Waals surface area contributed by atoms with Crippen LogP contribution >= 0.6 is 0 Å². The summed E-state index contributed by atoms with van der Waals surface area (Å²) in [5.41, 5.74) is 8.97. The van der Waals surface area contributed by atoms with Crippen LogP contribution in [-0.2, 0) is 6.42 Å². The van der Waals surface area contributed by atoms with E-state index < -0.39 is 0 Å². The zero-order valence-corrected chi connectivity index (χ0v) is 14.1. The van der Waals surface area contributed by atoms with Crippen molar-refractivity contribution in [2.24, 2.45) is 29.4 Å². The number of aromatic amines is 1. The number of fused-ring (bicyclic) bond motifs is 1. The van der Waals surface area contributed by atoms with Gasteiger partial charge in [0.05, 0.1) is 11.0 Å². The average Bonchev–Trinajstić information content (AvgIpc) is 2.90. The fraction of sp³-hybridized carbons (Fsp3) is 0.526. The normalized spacial score (nSPS) is 25.1. The second-order valence-corrected chi connectivity index (χ2v) is 7.20. The van der Waals surface area contributed by atoms with Crippen molar-refractivity contribution in [2.75, 3.05) is 6.54 Å². The Labute approximate surface area is 137 Å². The number of halogens is 1. The Bertz CT molecular complexity index is 716. The van der Waals surface area contributed by atoms with Gasteiger partial charge < -0.3 is 10.7 Å². The standard InChI is InChI=1S/C19H26FN3/c1-11(2)16-7-13(12(3)6-14(16)10-21)8-19-22-17-5-4-15(20)9-18(17)23-19/h4-6,9,11,13-14,16H,7-8,10,21H2,1-3H3,(H,22,23)/t13-,14-,16-/m0/s1. The van der Waals surface area contributed by atoms with Crippen LogP contribution in [-0.4, -0.2) is 16.5 Å². The Balaban J connectivity index is 1.83. The van der Waals surface area contributed by atoms with Crippen molar-refractivity contribution in [3.05, 3.63) is 41.5 Å². The summed E-state index contributed by atoms with van der Waals surface area (Å²) in [6, 6.07) is 4.70. The van der Waals surface area contributed by atoms with Gasteiger partial charge in [-0.25, -0.2) is 9.37 Å². The Morgan fingerprint density at radius 1 is 1.39 bits per heavy atom. The number of H-pyrrole nitrogens is 1. The molecule has 0 amide bonds. The van der Waals surface area contributed by atoms with Gasteiger partial charge in [0.15, 0.2) is 0 Å². The Kier molecular flexibility index (Phi) is 4.53. The van der Waals surface area contributed by atoms with Crippen LogP contribution in [0.3, 0.4) is 0 Å². The van der Waals surface area contributed by atoms with Crippen molar-refractivity contribution >= 4 is 11.0 Å². The van der Waals surface area contributed by atoms with Crippen molar-refractivity contribution in [3.63, 3.8) is 0 Å². The summed E-state index contributed by atoms with van der Waals surface area (Å²) in [6.07, 6.45) is 4.38. The number of allylic oxidation sites excluding steroid dienone is 1. The lowest BCUT2D eigenvalue weighted by Crippen LogP contribution is -2.32. The Hall–Kier alpha value is -1.68. The van der Waals surface area contributed by atoms with Crippen LogP contribution in [0.1, 0.15) is 33.0 Å². The molecule has 2 aromatic rings. The van der Waals surface area contributed by atoms with Crippen molar-refractivity contribution in [1.29, 1.82) is 0 Å². The summed E-state index contributed by atoms with van der Waals surface area (Å²) in [5.74, 6) is 2.92. The molecule has 1 aliphatic carbocycles. The molecule has 0 radical (unpaired) electrons. The number of nitrogens with zero attached hydrogens (tertiary/aromatic N) is 1. The third-order valence-corrected chi connectivity index (χ3v) is 5.29. The van der Waals surface area contributed by atoms with Crippen LogP contribution in [0.15, 0.2) is 29.8 Å². The number of nitrogens with two attached hydrogens (primary N) is 1. The molecular formula is C19H26FN3. The van der Waals surface area contributed by atoms with Crippen molar-refractivity contribution in [1.82, 2.24) is 9.97 Å². The highest BCUT2D eigenvalue weighted by Crippen LogP contribution is 2.38. The highest BCUT2D eigenvalue weighted by Gasteiger charge is 2.31. The first-order valence-electron chi connectivity index (χ1n) is 8.50. The molecule has 1 heterocycles. The third kappa shape index (κ3) is 3.32. The van der Waals surface area contributed by atoms with Gasteiger partial charge in [0.1, 0.15) is 11.6 Å². The van der Waals surface area contributed by atoms with Gasteiger partial charge in [-0.3, -0.25) is 0 Å². The second-order valence-electron chi connectivity index (χ2n) is 7.20. The molecule has 0 saturated heterocycles. The van der Waals surface area contributed by atoms with Crippen molar-refractivity contribution in [2.45, 2.75) is 33.6 Å². The highest BCUT2D eigenvalue weighted by atomic mass is 19.1. The largest absolute Gasteiger partial charge is 0.342 e. The fourth-order valence-corrected chi connectivity index (χ4v) is 3.91. The van der Waals surface area contributed by atoms with Gasteiger partial charge in [-0.2, -0.15) is 0 Å². The van der Waals surface area contributed by atoms with Gasteiger partial charge in [0, 0.05) is 6.42 Å². The molecule has 3 nitrogen and oxygen atoms in total. The van der Waals surface area contributed by atoms with Crippen LogP contribution in [0.25, 0.3) is 11.0 Å². The maximum absolute atomic E-state index is 13.3. The number of hydrogen-bond acceptors (Lipinski definition) is 2. The molecule has 0 unspecified atom stereocenters. The summed E-state index contributed by atoms with van der Waals surface area (Å²) >= 11 is 0. The molecule has 1 aromatic heterocycles. The Morgan fingerprint density at radius 2 is 2.17 bits per heavy atom. The van der Waals surface area contributed by atoms with Gasteiger partial charge in [-0.1, -0.05) is 25.5 Å². The minimum Gasteiger partial charge on any atom is -0.342 e. The lowest BCUT2D eigenvalue weighted by molar-refractivity contribution is 0.230. The molecule has 1 aromatic carbocycles. The molecule has 0 saturated carbocycles. The summed E-state index contributed by atoms with van der Waals surface area (Å²) in [5, 5.41) is 0. The molecule has 0 spiro atoms. The number of nitrogens with one attached hydrogen (secondary N) is 1. The maximum Gasteiger partial charge on any atom is 0.125 e. The van der Waals surface area contributed by atoms with E-state index in [9.17, 15) is 4.39 Å². The maximum atomic E-state index is 13.3. The molecule has 0 fully saturated rings. The van der Waals surface area contributed by atoms with Crippen molar-refractivity contribution in [3.8, 4) is 0 Å². The van der Waals surface area contributed by atoms with Crippen LogP contribution in [0.2, 0.25) is 0 Å². The minimum absolute atomic E-state index is 0.230. The monoisotopic (exact) mass is 315 g/mol. The molecule has 0 aliphatic heterocycles. The van der Waals surface area contributed by atoms with E-state index in [0.29, 0.717) is 23.7 Å². The van der Waals surface area contributed by atoms with E-state index in [-0.39, 0.29) is 5.82 Å². The zero-order valence-electron chi connectivity index (χ0n) is 14.1. The van der Waals surface area contributed by atoms with E-state index in [4.69, 9.17) is 5.73 Å². The zero-order chi connectivity index (χ0) is 16.6. The molecule has 4 heteroatoms. The smallest absolute Gasteiger partial charge is 0.125 e. The van der Waals surface area contributed by atoms with Crippen molar-refractivity contribution < 1.29 is 4.39 Å². The predicted molar refractivity (Wildman–Crippen MR) is 92.5 cm³/mol. The van der Waals surface area contributed by atoms with Crippen LogP contribution in [0, 0.1) is 29.5 Å². The third-order valence-electron chi connectivity index (χ3n) is 5.29. The lowest BCUT2D eigenvalue weighted by atomic mass is 9.70. The van der Waals surface area contributed by atoms with Gasteiger partial charge in [-0.15, -0.1) is 0 Å². The van der Waals surface area contributed by atoms with E-state index in [1.54, 1.807) is 6.07 Å². The summed E-state index contributed by atoms with van der Waals surface area (Å²) < 4.78 is 13.3. The van der Waals surface area contributed by atoms with E-state index in [0.717, 1.165) is 36.2 Å². The Morgan fingerprint density at radius 3 is 2.87 bits per heavy atom. The van der Waals surface area contributed by atoms with Crippen LogP contribution in [0.4, 0.5) is 4.39 Å². The highest BCUT2D eigenvalue weighted by molar-refractivity contribution is 5.74. The molecular weight excluding hydrogens is 289 g/mol. The SMILES string of the molecule is CC1=C[C@@H](CN)[C@H](C(C)C)C[C@H]1Cc1nc2ccc(F)cc2[nH]1. The molecule has 124 valence electrons. The summed E-state index contributed by atoms with van der Waals surface area (Å²) in [4.78, 5) is 7.89. The van der Waals surface area contributed by atoms with Crippen LogP contribution < -0.4 is 5.73 Å². The summed E-state index contributed by atoms with van der Waals surface area (Å²) in [7, 11) is 0. The number of benzene rings is 1. The second kappa shape index (κ2) is 6.44. The molecule has 3 rings (SSSR count). The molecule has 3 atom stereocenters. The van der Waals surface area contributed by atoms with Gasteiger partial charge in [0.25, 0.3) is 0 Å². The van der Waals surface area contributed by atoms with E-state index in [1.807, 2.05) is 0 Å². The first-order valence-corrected chi connectivity index (χ1v) is 8.50. The quantitative estimate of drug-likeness (QED) is 0.836. The number of imidazole rings is 1. The first-order chi connectivity index (χ1) is 11.0. The topological polar surface area (TPSA) is 54.7 Å².